The largest absolute Gasteiger partial charge is 0.383 e. The Labute approximate surface area is 264 Å². The van der Waals surface area contributed by atoms with Gasteiger partial charge in [0, 0.05) is 37.1 Å². The number of aryl methyl sites for hydroxylation is 1. The number of carbonyl (C=O) groups excluding carboxylic acids is 1. The number of sulfonamides is 1. The molecule has 15 heteroatoms. The van der Waals surface area contributed by atoms with Gasteiger partial charge in [-0.1, -0.05) is 17.7 Å². The van der Waals surface area contributed by atoms with Crippen LogP contribution in [0.25, 0.3) is 10.9 Å². The summed E-state index contributed by atoms with van der Waals surface area (Å²) in [4.78, 5) is 41.4. The van der Waals surface area contributed by atoms with Gasteiger partial charge in [0.15, 0.2) is 5.69 Å². The lowest BCUT2D eigenvalue weighted by Crippen LogP contribution is -2.48. The molecule has 1 amide bonds. The van der Waals surface area contributed by atoms with Gasteiger partial charge in [0.1, 0.15) is 16.8 Å². The molecule has 1 saturated heterocycles. The predicted molar refractivity (Wildman–Crippen MR) is 170 cm³/mol. The van der Waals surface area contributed by atoms with E-state index in [0.29, 0.717) is 52.9 Å². The topological polar surface area (TPSA) is 183 Å². The minimum absolute atomic E-state index is 0.000660. The highest BCUT2D eigenvalue weighted by Gasteiger charge is 2.37. The standard InChI is InChI=1S/C30H31ClN8O5S/c1-17-10-21(18(2)34-23-6-7-24(31)35-26(23)27(40)37-45(4,43)44)25-22(11-17)28(41)38(3)29(36-25)39-9-5-8-30(42,16-39)20-12-19(13-32)14-33-15-20/h6-7,10-12,14-15,18,34,42H,5,8-9,16H2,1-4H3,(H,37,40)/t18-,30-/m1/s1. The summed E-state index contributed by atoms with van der Waals surface area (Å²) in [6.07, 6.45) is 4.87. The molecule has 1 aliphatic heterocycles. The molecule has 0 saturated carbocycles. The molecule has 0 radical (unpaired) electrons. The third-order valence-electron chi connectivity index (χ3n) is 7.68. The second kappa shape index (κ2) is 12.1. The van der Waals surface area contributed by atoms with Gasteiger partial charge in [0.2, 0.25) is 16.0 Å². The Balaban J connectivity index is 1.56. The summed E-state index contributed by atoms with van der Waals surface area (Å²) in [6, 6.07) is 9.75. The van der Waals surface area contributed by atoms with Gasteiger partial charge in [0.25, 0.3) is 11.5 Å². The van der Waals surface area contributed by atoms with Crippen molar-refractivity contribution in [1.82, 2.24) is 24.2 Å². The van der Waals surface area contributed by atoms with Crippen LogP contribution in [0.1, 0.15) is 58.5 Å². The quantitative estimate of drug-likeness (QED) is 0.250. The highest BCUT2D eigenvalue weighted by Crippen LogP contribution is 2.34. The number of aliphatic hydroxyl groups is 1. The lowest BCUT2D eigenvalue weighted by molar-refractivity contribution is 0.0210. The molecule has 0 aliphatic carbocycles. The fraction of sp³-hybridized carbons (Fsp3) is 0.333. The number of β-amino-alcohol motifs (C(OH)–C–C–N with tert-alkyl or cyclic N) is 1. The molecular formula is C30H31ClN8O5S. The van der Waals surface area contributed by atoms with E-state index < -0.39 is 27.6 Å². The van der Waals surface area contributed by atoms with E-state index in [9.17, 15) is 28.4 Å². The second-order valence-corrected chi connectivity index (χ2v) is 13.4. The molecule has 2 atom stereocenters. The Morgan fingerprint density at radius 1 is 1.22 bits per heavy atom. The molecule has 234 valence electrons. The normalized spacial score (nSPS) is 17.5. The number of nitriles is 1. The number of nitrogens with one attached hydrogen (secondary N) is 2. The zero-order valence-electron chi connectivity index (χ0n) is 25.0. The number of fused-ring (bicyclic) bond motifs is 1. The number of benzene rings is 1. The Bertz CT molecular complexity index is 2040. The molecular weight excluding hydrogens is 620 g/mol. The fourth-order valence-electron chi connectivity index (χ4n) is 5.60. The van der Waals surface area contributed by atoms with Crippen LogP contribution in [-0.4, -0.2) is 58.3 Å². The third-order valence-corrected chi connectivity index (χ3v) is 8.45. The van der Waals surface area contributed by atoms with E-state index in [-0.39, 0.29) is 28.6 Å². The molecule has 5 rings (SSSR count). The molecule has 1 aromatic carbocycles. The van der Waals surface area contributed by atoms with Gasteiger partial charge in [-0.15, -0.1) is 0 Å². The molecule has 45 heavy (non-hydrogen) atoms. The Morgan fingerprint density at radius 2 is 1.98 bits per heavy atom. The molecule has 1 fully saturated rings. The molecule has 4 aromatic rings. The van der Waals surface area contributed by atoms with Crippen molar-refractivity contribution in [2.24, 2.45) is 7.05 Å². The van der Waals surface area contributed by atoms with Crippen molar-refractivity contribution < 1.29 is 18.3 Å². The van der Waals surface area contributed by atoms with Crippen molar-refractivity contribution in [3.8, 4) is 6.07 Å². The van der Waals surface area contributed by atoms with E-state index in [2.05, 4.69) is 21.4 Å². The molecule has 4 heterocycles. The van der Waals surface area contributed by atoms with E-state index in [1.807, 2.05) is 29.5 Å². The zero-order valence-corrected chi connectivity index (χ0v) is 26.6. The maximum Gasteiger partial charge on any atom is 0.285 e. The number of amides is 1. The van der Waals surface area contributed by atoms with E-state index in [1.54, 1.807) is 25.4 Å². The maximum absolute atomic E-state index is 13.7. The van der Waals surface area contributed by atoms with Crippen molar-refractivity contribution in [3.63, 3.8) is 0 Å². The summed E-state index contributed by atoms with van der Waals surface area (Å²) in [6.45, 7) is 4.32. The summed E-state index contributed by atoms with van der Waals surface area (Å²) < 4.78 is 26.8. The van der Waals surface area contributed by atoms with Crippen LogP contribution < -0.4 is 20.5 Å². The van der Waals surface area contributed by atoms with Crippen LogP contribution in [0.3, 0.4) is 0 Å². The number of hydrogen-bond acceptors (Lipinski definition) is 11. The number of piperidine rings is 1. The number of nitrogens with zero attached hydrogens (tertiary/aromatic N) is 6. The minimum atomic E-state index is -3.87. The summed E-state index contributed by atoms with van der Waals surface area (Å²) >= 11 is 6.03. The summed E-state index contributed by atoms with van der Waals surface area (Å²) in [5.41, 5.74) is 1.12. The molecule has 0 spiro atoms. The van der Waals surface area contributed by atoms with Crippen LogP contribution in [0.5, 0.6) is 0 Å². The van der Waals surface area contributed by atoms with Crippen LogP contribution in [0.15, 0.2) is 47.5 Å². The molecule has 1 aliphatic rings. The third kappa shape index (κ3) is 6.60. The number of aromatic nitrogens is 4. The highest BCUT2D eigenvalue weighted by molar-refractivity contribution is 7.89. The number of rotatable bonds is 7. The van der Waals surface area contributed by atoms with Crippen molar-refractivity contribution >= 4 is 50.1 Å². The molecule has 13 nitrogen and oxygen atoms in total. The monoisotopic (exact) mass is 650 g/mol. The van der Waals surface area contributed by atoms with Crippen molar-refractivity contribution in [3.05, 3.63) is 86.2 Å². The second-order valence-electron chi connectivity index (χ2n) is 11.3. The number of hydrogen-bond donors (Lipinski definition) is 3. The lowest BCUT2D eigenvalue weighted by atomic mass is 9.86. The smallest absolute Gasteiger partial charge is 0.285 e. The SMILES string of the molecule is Cc1cc([C@@H](C)Nc2ccc(Cl)nc2C(=O)NS(C)(=O)=O)c2nc(N3CCC[C@](O)(c4cncc(C#N)c4)C3)n(C)c(=O)c2c1. The Kier molecular flexibility index (Phi) is 8.54. The molecule has 0 bridgehead atoms. The first-order chi connectivity index (χ1) is 21.2. The summed E-state index contributed by atoms with van der Waals surface area (Å²) in [5.74, 6) is -0.597. The zero-order chi connectivity index (χ0) is 32.7. The van der Waals surface area contributed by atoms with Crippen LogP contribution in [0, 0.1) is 18.3 Å². The van der Waals surface area contributed by atoms with Gasteiger partial charge < -0.3 is 15.3 Å². The van der Waals surface area contributed by atoms with E-state index in [1.165, 1.54) is 22.9 Å². The van der Waals surface area contributed by atoms with Crippen molar-refractivity contribution in [1.29, 1.82) is 5.26 Å². The minimum Gasteiger partial charge on any atom is -0.383 e. The first kappa shape index (κ1) is 31.8. The first-order valence-electron chi connectivity index (χ1n) is 14.0. The number of pyridine rings is 2. The predicted octanol–water partition coefficient (Wildman–Crippen LogP) is 2.91. The number of anilines is 2. The Hall–Kier alpha value is -4.58. The van der Waals surface area contributed by atoms with E-state index in [4.69, 9.17) is 16.6 Å². The van der Waals surface area contributed by atoms with Crippen LogP contribution >= 0.6 is 11.6 Å². The van der Waals surface area contributed by atoms with E-state index in [0.717, 1.165) is 11.8 Å². The lowest BCUT2D eigenvalue weighted by Gasteiger charge is -2.40. The fourth-order valence-corrected chi connectivity index (χ4v) is 6.19. The number of halogens is 1. The van der Waals surface area contributed by atoms with Crippen LogP contribution in [0.2, 0.25) is 5.15 Å². The summed E-state index contributed by atoms with van der Waals surface area (Å²) in [7, 11) is -2.24. The van der Waals surface area contributed by atoms with Crippen LogP contribution in [-0.2, 0) is 22.7 Å². The maximum atomic E-state index is 13.7. The van der Waals surface area contributed by atoms with Crippen molar-refractivity contribution in [2.45, 2.75) is 38.3 Å². The first-order valence-corrected chi connectivity index (χ1v) is 16.3. The highest BCUT2D eigenvalue weighted by atomic mass is 35.5. The van der Waals surface area contributed by atoms with Gasteiger partial charge in [-0.05, 0) is 56.5 Å². The van der Waals surface area contributed by atoms with Gasteiger partial charge in [-0.2, -0.15) is 5.26 Å². The van der Waals surface area contributed by atoms with Gasteiger partial charge >= 0.3 is 0 Å². The van der Waals surface area contributed by atoms with Gasteiger partial charge in [0.05, 0.1) is 41.0 Å². The summed E-state index contributed by atoms with van der Waals surface area (Å²) in [5, 5.41) is 24.6. The van der Waals surface area contributed by atoms with Gasteiger partial charge in [-0.25, -0.2) is 23.1 Å². The Morgan fingerprint density at radius 3 is 2.69 bits per heavy atom. The van der Waals surface area contributed by atoms with Gasteiger partial charge in [-0.3, -0.25) is 19.1 Å². The van der Waals surface area contributed by atoms with Crippen LogP contribution in [0.4, 0.5) is 11.6 Å². The average molecular weight is 651 g/mol. The molecule has 3 N–H and O–H groups in total. The average Bonchev–Trinajstić information content (AvgIpc) is 2.98. The van der Waals surface area contributed by atoms with Crippen molar-refractivity contribution in [2.75, 3.05) is 29.6 Å². The number of carbonyl (C=O) groups is 1. The van der Waals surface area contributed by atoms with E-state index >= 15 is 0 Å². The molecule has 3 aromatic heterocycles. The molecule has 0 unspecified atom stereocenters.